The molecule has 2 atom stereocenters. The van der Waals surface area contributed by atoms with Crippen molar-refractivity contribution in [3.8, 4) is 0 Å². The van der Waals surface area contributed by atoms with E-state index >= 15 is 0 Å². The van der Waals surface area contributed by atoms with Crippen molar-refractivity contribution in [2.75, 3.05) is 13.2 Å². The Morgan fingerprint density at radius 3 is 2.59 bits per heavy atom. The van der Waals surface area contributed by atoms with Gasteiger partial charge in [0, 0.05) is 5.41 Å². The number of nitrogens with zero attached hydrogens (tertiary/aromatic N) is 1. The predicted octanol–water partition coefficient (Wildman–Crippen LogP) is 2.78. The van der Waals surface area contributed by atoms with Crippen molar-refractivity contribution in [2.45, 2.75) is 46.1 Å². The van der Waals surface area contributed by atoms with Crippen molar-refractivity contribution in [3.05, 3.63) is 35.9 Å². The Morgan fingerprint density at radius 2 is 2.05 bits per heavy atom. The van der Waals surface area contributed by atoms with Crippen LogP contribution in [-0.2, 0) is 16.1 Å². The number of carbonyl (C=O) groups is 1. The van der Waals surface area contributed by atoms with Gasteiger partial charge in [-0.05, 0) is 12.5 Å². The van der Waals surface area contributed by atoms with Gasteiger partial charge >= 0.3 is 6.09 Å². The van der Waals surface area contributed by atoms with E-state index in [1.165, 1.54) is 4.90 Å². The molecule has 0 radical (unpaired) electrons. The zero-order valence-corrected chi connectivity index (χ0v) is 13.7. The molecule has 0 bridgehead atoms. The summed E-state index contributed by atoms with van der Waals surface area (Å²) in [5.41, 5.74) is -0.0984. The minimum absolute atomic E-state index is 0.167. The largest absolute Gasteiger partial charge is 0.444 e. The second-order valence-corrected chi connectivity index (χ2v) is 7.09. The molecule has 1 amide bonds. The molecule has 2 unspecified atom stereocenters. The van der Waals surface area contributed by atoms with Crippen molar-refractivity contribution in [2.24, 2.45) is 5.41 Å². The molecule has 1 fully saturated rings. The summed E-state index contributed by atoms with van der Waals surface area (Å²) < 4.78 is 11.2. The Bertz CT molecular complexity index is 511. The van der Waals surface area contributed by atoms with Crippen LogP contribution in [0, 0.1) is 5.41 Å². The highest BCUT2D eigenvalue weighted by molar-refractivity contribution is 5.69. The maximum absolute atomic E-state index is 12.6. The molecule has 0 spiro atoms. The number of rotatable bonds is 3. The molecule has 1 aromatic carbocycles. The molecule has 1 N–H and O–H groups in total. The molecular weight excluding hydrogens is 282 g/mol. The van der Waals surface area contributed by atoms with Crippen molar-refractivity contribution in [3.63, 3.8) is 0 Å². The first-order valence-electron chi connectivity index (χ1n) is 7.50. The molecule has 1 aromatic rings. The van der Waals surface area contributed by atoms with Crippen LogP contribution in [0.15, 0.2) is 30.3 Å². The molecule has 1 heterocycles. The van der Waals surface area contributed by atoms with Gasteiger partial charge in [-0.3, -0.25) is 4.90 Å². The fraction of sp³-hybridized carbons (Fsp3) is 0.588. The molecule has 2 rings (SSSR count). The summed E-state index contributed by atoms with van der Waals surface area (Å²) in [6, 6.07) is 9.52. The van der Waals surface area contributed by atoms with Crippen LogP contribution in [-0.4, -0.2) is 41.1 Å². The van der Waals surface area contributed by atoms with Crippen molar-refractivity contribution in [1.82, 2.24) is 4.90 Å². The highest BCUT2D eigenvalue weighted by Crippen LogP contribution is 2.37. The SMILES string of the molecule is CC(C)(C)C1OCC(C)(CO)N1C(=O)OCc1ccccc1. The van der Waals surface area contributed by atoms with Gasteiger partial charge < -0.3 is 14.6 Å². The first-order valence-corrected chi connectivity index (χ1v) is 7.50. The van der Waals surface area contributed by atoms with E-state index in [2.05, 4.69) is 0 Å². The van der Waals surface area contributed by atoms with Crippen LogP contribution in [0.5, 0.6) is 0 Å². The second-order valence-electron chi connectivity index (χ2n) is 7.09. The highest BCUT2D eigenvalue weighted by Gasteiger charge is 2.51. The van der Waals surface area contributed by atoms with Crippen LogP contribution in [0.25, 0.3) is 0 Å². The smallest absolute Gasteiger partial charge is 0.412 e. The Hall–Kier alpha value is -1.59. The number of hydrogen-bond donors (Lipinski definition) is 1. The van der Waals surface area contributed by atoms with E-state index in [0.29, 0.717) is 6.61 Å². The number of aliphatic hydroxyl groups is 1. The number of hydrogen-bond acceptors (Lipinski definition) is 4. The van der Waals surface area contributed by atoms with Gasteiger partial charge in [0.1, 0.15) is 12.8 Å². The van der Waals surface area contributed by atoms with Crippen LogP contribution < -0.4 is 0 Å². The Balaban J connectivity index is 2.12. The predicted molar refractivity (Wildman–Crippen MR) is 83.2 cm³/mol. The number of benzene rings is 1. The van der Waals surface area contributed by atoms with Gasteiger partial charge in [-0.2, -0.15) is 0 Å². The van der Waals surface area contributed by atoms with Crippen LogP contribution in [0.4, 0.5) is 4.79 Å². The van der Waals surface area contributed by atoms with E-state index in [1.807, 2.05) is 58.0 Å². The second kappa shape index (κ2) is 6.26. The number of ether oxygens (including phenoxy) is 2. The average Bonchev–Trinajstić information content (AvgIpc) is 2.84. The summed E-state index contributed by atoms with van der Waals surface area (Å²) in [6.07, 6.45) is -0.884. The van der Waals surface area contributed by atoms with E-state index < -0.39 is 17.9 Å². The monoisotopic (exact) mass is 307 g/mol. The fourth-order valence-electron chi connectivity index (χ4n) is 2.55. The van der Waals surface area contributed by atoms with Crippen molar-refractivity contribution >= 4 is 6.09 Å². The molecule has 0 aromatic heterocycles. The lowest BCUT2D eigenvalue weighted by Crippen LogP contribution is -2.55. The summed E-state index contributed by atoms with van der Waals surface area (Å²) >= 11 is 0. The van der Waals surface area contributed by atoms with E-state index in [-0.39, 0.29) is 18.6 Å². The lowest BCUT2D eigenvalue weighted by molar-refractivity contribution is -0.0532. The maximum atomic E-state index is 12.6. The summed E-state index contributed by atoms with van der Waals surface area (Å²) in [5, 5.41) is 9.68. The molecule has 5 nitrogen and oxygen atoms in total. The van der Waals surface area contributed by atoms with Gasteiger partial charge in [-0.1, -0.05) is 51.1 Å². The minimum atomic E-state index is -0.758. The summed E-state index contributed by atoms with van der Waals surface area (Å²) in [4.78, 5) is 14.1. The van der Waals surface area contributed by atoms with Crippen LogP contribution in [0.3, 0.4) is 0 Å². The zero-order valence-electron chi connectivity index (χ0n) is 13.7. The molecule has 1 aliphatic rings. The third kappa shape index (κ3) is 3.42. The van der Waals surface area contributed by atoms with Gasteiger partial charge in [0.05, 0.1) is 18.8 Å². The average molecular weight is 307 g/mol. The van der Waals surface area contributed by atoms with Gasteiger partial charge in [-0.25, -0.2) is 4.79 Å². The van der Waals surface area contributed by atoms with Crippen molar-refractivity contribution in [1.29, 1.82) is 0 Å². The maximum Gasteiger partial charge on any atom is 0.412 e. The minimum Gasteiger partial charge on any atom is -0.444 e. The van der Waals surface area contributed by atoms with E-state index in [0.717, 1.165) is 5.56 Å². The first-order chi connectivity index (χ1) is 10.3. The number of amides is 1. The topological polar surface area (TPSA) is 59.0 Å². The summed E-state index contributed by atoms with van der Waals surface area (Å²) in [7, 11) is 0. The quantitative estimate of drug-likeness (QED) is 0.933. The third-order valence-corrected chi connectivity index (χ3v) is 3.85. The Morgan fingerprint density at radius 1 is 1.41 bits per heavy atom. The summed E-state index contributed by atoms with van der Waals surface area (Å²) in [6.45, 7) is 8.14. The Labute approximate surface area is 131 Å². The van der Waals surface area contributed by atoms with Gasteiger partial charge in [0.15, 0.2) is 0 Å². The Kier molecular flexibility index (Phi) is 4.78. The van der Waals surface area contributed by atoms with Crippen LogP contribution in [0.1, 0.15) is 33.3 Å². The first kappa shape index (κ1) is 16.8. The zero-order chi connectivity index (χ0) is 16.4. The molecule has 5 heteroatoms. The number of carbonyl (C=O) groups excluding carboxylic acids is 1. The van der Waals surface area contributed by atoms with Gasteiger partial charge in [0.2, 0.25) is 0 Å². The van der Waals surface area contributed by atoms with Crippen molar-refractivity contribution < 1.29 is 19.4 Å². The van der Waals surface area contributed by atoms with Gasteiger partial charge in [-0.15, -0.1) is 0 Å². The highest BCUT2D eigenvalue weighted by atomic mass is 16.6. The van der Waals surface area contributed by atoms with Crippen LogP contribution in [0.2, 0.25) is 0 Å². The lowest BCUT2D eigenvalue weighted by Gasteiger charge is -2.38. The summed E-state index contributed by atoms with van der Waals surface area (Å²) in [5.74, 6) is 0. The standard InChI is InChI=1S/C17H25NO4/c1-16(2,3)14-18(17(4,11-19)12-22-14)15(20)21-10-13-8-6-5-7-9-13/h5-9,14,19H,10-12H2,1-4H3. The molecular formula is C17H25NO4. The normalized spacial score (nSPS) is 25.3. The number of aliphatic hydroxyl groups excluding tert-OH is 1. The fourth-order valence-corrected chi connectivity index (χ4v) is 2.55. The van der Waals surface area contributed by atoms with E-state index in [1.54, 1.807) is 0 Å². The third-order valence-electron chi connectivity index (χ3n) is 3.85. The van der Waals surface area contributed by atoms with Gasteiger partial charge in [0.25, 0.3) is 0 Å². The molecule has 1 aliphatic heterocycles. The molecule has 1 saturated heterocycles. The van der Waals surface area contributed by atoms with E-state index in [9.17, 15) is 9.90 Å². The molecule has 0 saturated carbocycles. The molecule has 22 heavy (non-hydrogen) atoms. The lowest BCUT2D eigenvalue weighted by atomic mass is 9.92. The molecule has 122 valence electrons. The van der Waals surface area contributed by atoms with Crippen LogP contribution >= 0.6 is 0 Å². The van der Waals surface area contributed by atoms with E-state index in [4.69, 9.17) is 9.47 Å². The molecule has 0 aliphatic carbocycles.